The van der Waals surface area contributed by atoms with Gasteiger partial charge in [-0.2, -0.15) is 0 Å². The Kier molecular flexibility index (Phi) is 12.4. The lowest BCUT2D eigenvalue weighted by Crippen LogP contribution is -2.33. The molecule has 0 aliphatic carbocycles. The minimum absolute atomic E-state index is 0.487. The average molecular weight is 763 g/mol. The summed E-state index contributed by atoms with van der Waals surface area (Å²) in [5, 5.41) is 0. The molecule has 0 bridgehead atoms. The van der Waals surface area contributed by atoms with Gasteiger partial charge in [-0.05, 0) is 57.6 Å². The van der Waals surface area contributed by atoms with Crippen LogP contribution in [0.1, 0.15) is 33.4 Å². The number of aromatic nitrogens is 2. The summed E-state index contributed by atoms with van der Waals surface area (Å²) in [5.74, 6) is 3.12. The zero-order valence-electron chi connectivity index (χ0n) is 32.4. The standard InChI is InChI=1S/C52H46N2O4/c1-5-13-41(14-6-1)37-55-49-29-45(30-50(33-49)56-38-42-15-7-2-8-16-42)35-53-25-21-47(22-26-53)48-23-27-54(28-24-48)36-46-31-51(57-39-43-17-9-3-10-18-43)34-52(32-46)58-40-44-19-11-4-12-20-44/h1-34H,35-40H2/q+2. The highest BCUT2D eigenvalue weighted by molar-refractivity contribution is 5.61. The predicted octanol–water partition coefficient (Wildman–Crippen LogP) is 10.3. The molecule has 0 radical (unpaired) electrons. The Morgan fingerprint density at radius 3 is 0.793 bits per heavy atom. The van der Waals surface area contributed by atoms with Crippen LogP contribution in [0.3, 0.4) is 0 Å². The lowest BCUT2D eigenvalue weighted by Gasteiger charge is -2.12. The minimum atomic E-state index is 0.487. The van der Waals surface area contributed by atoms with E-state index in [4.69, 9.17) is 18.9 Å². The molecule has 2 heterocycles. The van der Waals surface area contributed by atoms with Crippen molar-refractivity contribution in [1.82, 2.24) is 0 Å². The van der Waals surface area contributed by atoms with Crippen LogP contribution in [0.25, 0.3) is 11.1 Å². The van der Waals surface area contributed by atoms with E-state index in [1.165, 1.54) is 0 Å². The SMILES string of the molecule is c1ccc(COc2cc(C[n+]3ccc(-c4cc[n+](Cc5cc(OCc6ccccc6)cc(OCc6ccccc6)c5)cc4)cc3)cc(OCc3ccccc3)c2)cc1. The topological polar surface area (TPSA) is 44.7 Å². The maximum absolute atomic E-state index is 6.25. The minimum Gasteiger partial charge on any atom is -0.489 e. The van der Waals surface area contributed by atoms with Crippen molar-refractivity contribution in [3.63, 3.8) is 0 Å². The Labute approximate surface area is 340 Å². The van der Waals surface area contributed by atoms with Gasteiger partial charge < -0.3 is 18.9 Å². The van der Waals surface area contributed by atoms with E-state index in [9.17, 15) is 0 Å². The van der Waals surface area contributed by atoms with Crippen LogP contribution in [0.15, 0.2) is 207 Å². The van der Waals surface area contributed by atoms with Gasteiger partial charge in [-0.1, -0.05) is 121 Å². The Hall–Kier alpha value is -7.18. The molecule has 0 saturated carbocycles. The van der Waals surface area contributed by atoms with E-state index in [1.807, 2.05) is 84.9 Å². The molecule has 8 rings (SSSR count). The van der Waals surface area contributed by atoms with Crippen LogP contribution in [0.2, 0.25) is 0 Å². The summed E-state index contributed by atoms with van der Waals surface area (Å²) >= 11 is 0. The first-order chi connectivity index (χ1) is 28.7. The molecule has 2 aromatic heterocycles. The molecule has 8 aromatic rings. The van der Waals surface area contributed by atoms with E-state index in [-0.39, 0.29) is 0 Å². The number of ether oxygens (including phenoxy) is 4. The molecule has 0 saturated heterocycles. The van der Waals surface area contributed by atoms with Gasteiger partial charge in [0.2, 0.25) is 0 Å². The molecule has 0 amide bonds. The van der Waals surface area contributed by atoms with Crippen LogP contribution in [0.5, 0.6) is 23.0 Å². The number of benzene rings is 6. The number of hydrogen-bond donors (Lipinski definition) is 0. The van der Waals surface area contributed by atoms with Crippen LogP contribution >= 0.6 is 0 Å². The molecule has 286 valence electrons. The van der Waals surface area contributed by atoms with E-state index in [0.717, 1.165) is 67.5 Å². The normalized spacial score (nSPS) is 10.8. The summed E-state index contributed by atoms with van der Waals surface area (Å²) in [5.41, 5.74) is 8.94. The van der Waals surface area contributed by atoms with Crippen molar-refractivity contribution in [2.75, 3.05) is 0 Å². The number of pyridine rings is 2. The van der Waals surface area contributed by atoms with Crippen molar-refractivity contribution in [2.24, 2.45) is 0 Å². The predicted molar refractivity (Wildman–Crippen MR) is 226 cm³/mol. The van der Waals surface area contributed by atoms with Crippen molar-refractivity contribution in [3.05, 3.63) is 240 Å². The van der Waals surface area contributed by atoms with Gasteiger partial charge in [0.1, 0.15) is 49.4 Å². The van der Waals surface area contributed by atoms with Gasteiger partial charge >= 0.3 is 0 Å². The fraction of sp³-hybridized carbons (Fsp3) is 0.115. The summed E-state index contributed by atoms with van der Waals surface area (Å²) < 4.78 is 29.4. The summed E-state index contributed by atoms with van der Waals surface area (Å²) in [6.45, 7) is 3.29. The Bertz CT molecular complexity index is 2180. The molecule has 0 N–H and O–H groups in total. The van der Waals surface area contributed by atoms with E-state index in [0.29, 0.717) is 39.5 Å². The molecule has 6 aromatic carbocycles. The molecule has 58 heavy (non-hydrogen) atoms. The number of nitrogens with zero attached hydrogens (tertiary/aromatic N) is 2. The molecular weight excluding hydrogens is 717 g/mol. The molecule has 0 atom stereocenters. The van der Waals surface area contributed by atoms with Gasteiger partial charge in [-0.25, -0.2) is 9.13 Å². The zero-order valence-corrected chi connectivity index (χ0v) is 32.4. The number of hydrogen-bond acceptors (Lipinski definition) is 4. The third kappa shape index (κ3) is 11.0. The summed E-state index contributed by atoms with van der Waals surface area (Å²) in [7, 11) is 0. The van der Waals surface area contributed by atoms with E-state index in [2.05, 4.69) is 131 Å². The quantitative estimate of drug-likeness (QED) is 0.0867. The maximum Gasteiger partial charge on any atom is 0.174 e. The van der Waals surface area contributed by atoms with Crippen LogP contribution < -0.4 is 28.1 Å². The fourth-order valence-corrected chi connectivity index (χ4v) is 6.67. The smallest absolute Gasteiger partial charge is 0.174 e. The van der Waals surface area contributed by atoms with Crippen LogP contribution in [0, 0.1) is 0 Å². The van der Waals surface area contributed by atoms with Gasteiger partial charge in [0.25, 0.3) is 0 Å². The highest BCUT2D eigenvalue weighted by Crippen LogP contribution is 2.27. The first-order valence-corrected chi connectivity index (χ1v) is 19.6. The second kappa shape index (κ2) is 19.1. The highest BCUT2D eigenvalue weighted by atomic mass is 16.5. The molecule has 0 fully saturated rings. The van der Waals surface area contributed by atoms with Crippen molar-refractivity contribution in [1.29, 1.82) is 0 Å². The number of rotatable bonds is 17. The lowest BCUT2D eigenvalue weighted by molar-refractivity contribution is -0.688. The van der Waals surface area contributed by atoms with Crippen molar-refractivity contribution in [2.45, 2.75) is 39.5 Å². The Balaban J connectivity index is 0.937. The van der Waals surface area contributed by atoms with E-state index in [1.54, 1.807) is 0 Å². The summed E-state index contributed by atoms with van der Waals surface area (Å²) in [6, 6.07) is 61.8. The van der Waals surface area contributed by atoms with Gasteiger partial charge in [-0.15, -0.1) is 0 Å². The lowest BCUT2D eigenvalue weighted by atomic mass is 10.1. The van der Waals surface area contributed by atoms with E-state index < -0.39 is 0 Å². The van der Waals surface area contributed by atoms with E-state index >= 15 is 0 Å². The third-order valence-corrected chi connectivity index (χ3v) is 9.72. The highest BCUT2D eigenvalue weighted by Gasteiger charge is 2.13. The molecule has 0 unspecified atom stereocenters. The van der Waals surface area contributed by atoms with Gasteiger partial charge in [-0.3, -0.25) is 0 Å². The second-order valence-corrected chi connectivity index (χ2v) is 14.2. The Morgan fingerprint density at radius 1 is 0.276 bits per heavy atom. The molecule has 0 spiro atoms. The van der Waals surface area contributed by atoms with Crippen molar-refractivity contribution in [3.8, 4) is 34.1 Å². The molecule has 0 aliphatic heterocycles. The van der Waals surface area contributed by atoms with Crippen molar-refractivity contribution < 1.29 is 28.1 Å². The van der Waals surface area contributed by atoms with Crippen LogP contribution in [-0.4, -0.2) is 0 Å². The monoisotopic (exact) mass is 762 g/mol. The van der Waals surface area contributed by atoms with Crippen molar-refractivity contribution >= 4 is 0 Å². The summed E-state index contributed by atoms with van der Waals surface area (Å²) in [6.07, 6.45) is 8.49. The van der Waals surface area contributed by atoms with Crippen LogP contribution in [-0.2, 0) is 39.5 Å². The van der Waals surface area contributed by atoms with Crippen LogP contribution in [0.4, 0.5) is 0 Å². The molecular formula is C52H46N2O4+2. The van der Waals surface area contributed by atoms with Gasteiger partial charge in [0, 0.05) is 47.5 Å². The second-order valence-electron chi connectivity index (χ2n) is 14.2. The van der Waals surface area contributed by atoms with Gasteiger partial charge in [0.05, 0.1) is 0 Å². The largest absolute Gasteiger partial charge is 0.489 e. The maximum atomic E-state index is 6.25. The summed E-state index contributed by atoms with van der Waals surface area (Å²) in [4.78, 5) is 0. The third-order valence-electron chi connectivity index (χ3n) is 9.72. The Morgan fingerprint density at radius 2 is 0.534 bits per heavy atom. The first kappa shape index (κ1) is 37.7. The first-order valence-electron chi connectivity index (χ1n) is 19.6. The average Bonchev–Trinajstić information content (AvgIpc) is 3.28. The molecule has 6 nitrogen and oxygen atoms in total. The fourth-order valence-electron chi connectivity index (χ4n) is 6.67. The molecule has 0 aliphatic rings. The molecule has 6 heteroatoms. The van der Waals surface area contributed by atoms with Gasteiger partial charge in [0.15, 0.2) is 37.9 Å². The zero-order chi connectivity index (χ0) is 39.2.